The summed E-state index contributed by atoms with van der Waals surface area (Å²) in [6.45, 7) is 0.945. The topological polar surface area (TPSA) is 126 Å². The summed E-state index contributed by atoms with van der Waals surface area (Å²) in [5.74, 6) is -1.37. The Morgan fingerprint density at radius 2 is 1.93 bits per heavy atom. The number of carbonyl (C=O) groups excluding carboxylic acids is 2. The third kappa shape index (κ3) is 4.22. The highest BCUT2D eigenvalue weighted by Gasteiger charge is 2.35. The van der Waals surface area contributed by atoms with Crippen LogP contribution in [0, 0.1) is 21.4 Å². The first kappa shape index (κ1) is 19.6. The first-order valence-corrected chi connectivity index (χ1v) is 9.37. The fraction of sp³-hybridized carbons (Fsp3) is 0.526. The molecule has 28 heavy (non-hydrogen) atoms. The van der Waals surface area contributed by atoms with Gasteiger partial charge in [0, 0.05) is 19.2 Å². The molecule has 0 atom stereocenters. The zero-order chi connectivity index (χ0) is 20.1. The predicted molar refractivity (Wildman–Crippen MR) is 99.8 cm³/mol. The standard InChI is InChI=1S/C19H22N4O5/c20-13-19(7-1-2-8-19)21-17(24)12-28-18(25)14-5-6-15(16(11-14)23(26)27)22-9-3-4-10-22/h5-6,11H,1-4,7-10,12H2,(H,21,24). The van der Waals surface area contributed by atoms with Gasteiger partial charge in [-0.3, -0.25) is 14.9 Å². The van der Waals surface area contributed by atoms with E-state index in [-0.39, 0.29) is 11.3 Å². The van der Waals surface area contributed by atoms with Gasteiger partial charge in [0.25, 0.3) is 11.6 Å². The maximum atomic E-state index is 12.2. The maximum Gasteiger partial charge on any atom is 0.338 e. The Balaban J connectivity index is 1.64. The summed E-state index contributed by atoms with van der Waals surface area (Å²) in [5.41, 5.74) is -0.554. The molecule has 0 radical (unpaired) electrons. The average molecular weight is 386 g/mol. The van der Waals surface area contributed by atoms with E-state index >= 15 is 0 Å². The number of carbonyl (C=O) groups is 2. The maximum absolute atomic E-state index is 12.2. The van der Waals surface area contributed by atoms with Crippen molar-refractivity contribution in [1.29, 1.82) is 5.26 Å². The molecule has 0 spiro atoms. The number of hydrogen-bond acceptors (Lipinski definition) is 7. The molecule has 2 fully saturated rings. The van der Waals surface area contributed by atoms with E-state index in [9.17, 15) is 25.0 Å². The van der Waals surface area contributed by atoms with Crippen molar-refractivity contribution in [2.45, 2.75) is 44.1 Å². The van der Waals surface area contributed by atoms with Gasteiger partial charge in [-0.05, 0) is 50.7 Å². The lowest BCUT2D eigenvalue weighted by atomic mass is 10.00. The number of nitriles is 1. The van der Waals surface area contributed by atoms with Crippen LogP contribution < -0.4 is 10.2 Å². The number of ether oxygens (including phenoxy) is 1. The van der Waals surface area contributed by atoms with Gasteiger partial charge < -0.3 is 15.0 Å². The van der Waals surface area contributed by atoms with Crippen LogP contribution in [0.15, 0.2) is 18.2 Å². The largest absolute Gasteiger partial charge is 0.452 e. The number of nitrogens with zero attached hydrogens (tertiary/aromatic N) is 3. The number of esters is 1. The monoisotopic (exact) mass is 386 g/mol. The SMILES string of the molecule is N#CC1(NC(=O)COC(=O)c2ccc(N3CCCC3)c([N+](=O)[O-])c2)CCCC1. The summed E-state index contributed by atoms with van der Waals surface area (Å²) in [6, 6.07) is 6.32. The van der Waals surface area contributed by atoms with Crippen LogP contribution in [0.25, 0.3) is 0 Å². The highest BCUT2D eigenvalue weighted by Crippen LogP contribution is 2.32. The fourth-order valence-corrected chi connectivity index (χ4v) is 3.78. The minimum atomic E-state index is -0.889. The fourth-order valence-electron chi connectivity index (χ4n) is 3.78. The Bertz CT molecular complexity index is 820. The van der Waals surface area contributed by atoms with Crippen LogP contribution in [0.3, 0.4) is 0 Å². The molecular formula is C19H22N4O5. The van der Waals surface area contributed by atoms with E-state index in [0.717, 1.165) is 38.8 Å². The predicted octanol–water partition coefficient (Wildman–Crippen LogP) is 2.30. The van der Waals surface area contributed by atoms with Crippen molar-refractivity contribution in [1.82, 2.24) is 5.32 Å². The zero-order valence-electron chi connectivity index (χ0n) is 15.5. The number of nitrogens with one attached hydrogen (secondary N) is 1. The highest BCUT2D eigenvalue weighted by molar-refractivity contribution is 5.93. The lowest BCUT2D eigenvalue weighted by Crippen LogP contribution is -2.46. The number of hydrogen-bond donors (Lipinski definition) is 1. The molecule has 2 aliphatic rings. The molecule has 1 aliphatic carbocycles. The molecule has 1 aliphatic heterocycles. The average Bonchev–Trinajstić information content (AvgIpc) is 3.38. The molecular weight excluding hydrogens is 364 g/mol. The van der Waals surface area contributed by atoms with Crippen LogP contribution in [-0.4, -0.2) is 42.0 Å². The molecule has 1 saturated carbocycles. The van der Waals surface area contributed by atoms with E-state index in [0.29, 0.717) is 18.5 Å². The van der Waals surface area contributed by atoms with Gasteiger partial charge in [-0.2, -0.15) is 5.26 Å². The number of rotatable bonds is 6. The highest BCUT2D eigenvalue weighted by atomic mass is 16.6. The second kappa shape index (κ2) is 8.25. The first-order valence-electron chi connectivity index (χ1n) is 9.37. The van der Waals surface area contributed by atoms with E-state index in [1.807, 2.05) is 4.90 Å². The molecule has 1 aromatic rings. The van der Waals surface area contributed by atoms with E-state index in [1.54, 1.807) is 6.07 Å². The van der Waals surface area contributed by atoms with Crippen LogP contribution in [0.4, 0.5) is 11.4 Å². The van der Waals surface area contributed by atoms with Crippen molar-refractivity contribution >= 4 is 23.3 Å². The number of benzene rings is 1. The lowest BCUT2D eigenvalue weighted by Gasteiger charge is -2.21. The summed E-state index contributed by atoms with van der Waals surface area (Å²) in [7, 11) is 0. The Morgan fingerprint density at radius 3 is 2.54 bits per heavy atom. The molecule has 9 nitrogen and oxygen atoms in total. The second-order valence-electron chi connectivity index (χ2n) is 7.18. The van der Waals surface area contributed by atoms with Crippen molar-refractivity contribution in [2.75, 3.05) is 24.6 Å². The second-order valence-corrected chi connectivity index (χ2v) is 7.18. The third-order valence-corrected chi connectivity index (χ3v) is 5.24. The molecule has 0 aromatic heterocycles. The van der Waals surface area contributed by atoms with Gasteiger partial charge in [-0.1, -0.05) is 0 Å². The van der Waals surface area contributed by atoms with Gasteiger partial charge in [-0.25, -0.2) is 4.79 Å². The van der Waals surface area contributed by atoms with Gasteiger partial charge in [0.15, 0.2) is 6.61 Å². The van der Waals surface area contributed by atoms with E-state index in [4.69, 9.17) is 4.74 Å². The molecule has 3 rings (SSSR count). The third-order valence-electron chi connectivity index (χ3n) is 5.24. The first-order chi connectivity index (χ1) is 13.4. The van der Waals surface area contributed by atoms with E-state index in [1.165, 1.54) is 12.1 Å². The van der Waals surface area contributed by atoms with Gasteiger partial charge in [0.1, 0.15) is 11.2 Å². The zero-order valence-corrected chi connectivity index (χ0v) is 15.5. The molecule has 1 N–H and O–H groups in total. The number of anilines is 1. The van der Waals surface area contributed by atoms with Crippen molar-refractivity contribution in [3.63, 3.8) is 0 Å². The molecule has 1 amide bonds. The van der Waals surface area contributed by atoms with Gasteiger partial charge in [-0.15, -0.1) is 0 Å². The molecule has 1 heterocycles. The Morgan fingerprint density at radius 1 is 1.25 bits per heavy atom. The molecule has 9 heteroatoms. The summed E-state index contributed by atoms with van der Waals surface area (Å²) < 4.78 is 4.99. The molecule has 1 saturated heterocycles. The number of nitro benzene ring substituents is 1. The van der Waals surface area contributed by atoms with Crippen molar-refractivity contribution in [3.05, 3.63) is 33.9 Å². The van der Waals surface area contributed by atoms with Crippen LogP contribution in [0.5, 0.6) is 0 Å². The minimum absolute atomic E-state index is 0.0123. The normalized spacial score (nSPS) is 17.8. The van der Waals surface area contributed by atoms with Crippen molar-refractivity contribution in [2.24, 2.45) is 0 Å². The Kier molecular flexibility index (Phi) is 5.78. The summed E-state index contributed by atoms with van der Waals surface area (Å²) in [4.78, 5) is 37.1. The number of nitro groups is 1. The van der Waals surface area contributed by atoms with Gasteiger partial charge in [0.2, 0.25) is 0 Å². The molecule has 0 bridgehead atoms. The van der Waals surface area contributed by atoms with Gasteiger partial charge >= 0.3 is 5.97 Å². The lowest BCUT2D eigenvalue weighted by molar-refractivity contribution is -0.384. The molecule has 148 valence electrons. The van der Waals surface area contributed by atoms with Crippen LogP contribution in [0.2, 0.25) is 0 Å². The van der Waals surface area contributed by atoms with Gasteiger partial charge in [0.05, 0.1) is 16.6 Å². The minimum Gasteiger partial charge on any atom is -0.452 e. The van der Waals surface area contributed by atoms with E-state index in [2.05, 4.69) is 11.4 Å². The molecule has 0 unspecified atom stereocenters. The Hall–Kier alpha value is -3.15. The van der Waals surface area contributed by atoms with Crippen LogP contribution >= 0.6 is 0 Å². The summed E-state index contributed by atoms with van der Waals surface area (Å²) in [6.07, 6.45) is 4.82. The van der Waals surface area contributed by atoms with Crippen LogP contribution in [-0.2, 0) is 9.53 Å². The summed E-state index contributed by atoms with van der Waals surface area (Å²) in [5, 5.41) is 23.3. The summed E-state index contributed by atoms with van der Waals surface area (Å²) >= 11 is 0. The van der Waals surface area contributed by atoms with E-state index < -0.39 is 28.9 Å². The molecule has 1 aromatic carbocycles. The number of amides is 1. The van der Waals surface area contributed by atoms with Crippen molar-refractivity contribution in [3.8, 4) is 6.07 Å². The van der Waals surface area contributed by atoms with Crippen LogP contribution in [0.1, 0.15) is 48.9 Å². The van der Waals surface area contributed by atoms with Crippen molar-refractivity contribution < 1.29 is 19.2 Å². The smallest absolute Gasteiger partial charge is 0.338 e. The Labute approximate surface area is 162 Å². The quantitative estimate of drug-likeness (QED) is 0.452.